The predicted octanol–water partition coefficient (Wildman–Crippen LogP) is 3.39. The van der Waals surface area contributed by atoms with Crippen molar-refractivity contribution in [2.45, 2.75) is 51.7 Å². The molecule has 0 saturated carbocycles. The molecule has 23 heavy (non-hydrogen) atoms. The first-order valence-corrected chi connectivity index (χ1v) is 9.70. The summed E-state index contributed by atoms with van der Waals surface area (Å²) in [5.74, 6) is 0.870. The Balaban J connectivity index is 2.18. The third-order valence-electron chi connectivity index (χ3n) is 3.43. The molecule has 1 rings (SSSR count). The molecule has 1 aromatic rings. The van der Waals surface area contributed by atoms with E-state index in [0.29, 0.717) is 13.2 Å². The highest BCUT2D eigenvalue weighted by Crippen LogP contribution is 2.17. The van der Waals surface area contributed by atoms with Crippen molar-refractivity contribution in [2.75, 3.05) is 25.0 Å². The summed E-state index contributed by atoms with van der Waals surface area (Å²) in [7, 11) is -3.22. The van der Waals surface area contributed by atoms with Gasteiger partial charge in [0.1, 0.15) is 5.75 Å². The molecule has 0 aliphatic rings. The van der Waals surface area contributed by atoms with Crippen molar-refractivity contribution < 1.29 is 13.2 Å². The van der Waals surface area contributed by atoms with Gasteiger partial charge in [0.05, 0.1) is 11.4 Å². The lowest BCUT2D eigenvalue weighted by atomic mass is 10.2. The molecule has 132 valence electrons. The Morgan fingerprint density at radius 3 is 2.43 bits per heavy atom. The fourth-order valence-electron chi connectivity index (χ4n) is 1.95. The van der Waals surface area contributed by atoms with Crippen molar-refractivity contribution in [3.05, 3.63) is 24.3 Å². The minimum atomic E-state index is -3.22. The molecule has 2 N–H and O–H groups in total. The Kier molecular flexibility index (Phi) is 7.85. The molecular weight excluding hydrogens is 312 g/mol. The number of rotatable bonds is 10. The van der Waals surface area contributed by atoms with Gasteiger partial charge in [-0.05, 0) is 52.7 Å². The van der Waals surface area contributed by atoms with Crippen LogP contribution in [-0.4, -0.2) is 32.9 Å². The quantitative estimate of drug-likeness (QED) is 0.640. The Morgan fingerprint density at radius 2 is 1.78 bits per heavy atom. The lowest BCUT2D eigenvalue weighted by molar-refractivity contribution is 0.340. The summed E-state index contributed by atoms with van der Waals surface area (Å²) in [5, 5.41) is 3.36. The summed E-state index contributed by atoms with van der Waals surface area (Å²) in [4.78, 5) is 0. The smallest absolute Gasteiger partial charge is 0.216 e. The van der Waals surface area contributed by atoms with Crippen LogP contribution in [0.5, 0.6) is 5.75 Å². The van der Waals surface area contributed by atoms with Crippen molar-refractivity contribution in [2.24, 2.45) is 0 Å². The summed E-state index contributed by atoms with van der Waals surface area (Å²) in [5.41, 5.74) is 1.05. The van der Waals surface area contributed by atoms with Crippen LogP contribution in [0.1, 0.15) is 47.0 Å². The van der Waals surface area contributed by atoms with Crippen LogP contribution in [0.3, 0.4) is 0 Å². The van der Waals surface area contributed by atoms with Gasteiger partial charge in [-0.2, -0.15) is 0 Å². The maximum atomic E-state index is 11.9. The summed E-state index contributed by atoms with van der Waals surface area (Å²) in [6.45, 7) is 9.10. The van der Waals surface area contributed by atoms with Gasteiger partial charge in [-0.25, -0.2) is 13.1 Å². The zero-order chi connectivity index (χ0) is 17.3. The second kappa shape index (κ2) is 9.13. The van der Waals surface area contributed by atoms with E-state index in [1.807, 2.05) is 31.2 Å². The van der Waals surface area contributed by atoms with Crippen LogP contribution in [0, 0.1) is 0 Å². The van der Waals surface area contributed by atoms with Gasteiger partial charge in [0, 0.05) is 24.8 Å². The van der Waals surface area contributed by atoms with Crippen LogP contribution < -0.4 is 14.8 Å². The second-order valence-corrected chi connectivity index (χ2v) is 8.98. The van der Waals surface area contributed by atoms with Gasteiger partial charge >= 0.3 is 0 Å². The first kappa shape index (κ1) is 19.8. The molecule has 0 aromatic heterocycles. The van der Waals surface area contributed by atoms with Gasteiger partial charge in [-0.1, -0.05) is 12.5 Å². The normalized spacial score (nSPS) is 12.2. The molecule has 0 fully saturated rings. The van der Waals surface area contributed by atoms with E-state index in [2.05, 4.69) is 10.0 Å². The highest BCUT2D eigenvalue weighted by molar-refractivity contribution is 7.90. The lowest BCUT2D eigenvalue weighted by Gasteiger charge is -2.19. The number of hydrogen-bond acceptors (Lipinski definition) is 4. The molecule has 0 saturated heterocycles. The van der Waals surface area contributed by atoms with Gasteiger partial charge in [0.25, 0.3) is 0 Å². The maximum absolute atomic E-state index is 11.9. The molecule has 0 aliphatic heterocycles. The molecule has 0 unspecified atom stereocenters. The number of sulfonamides is 1. The first-order valence-electron chi connectivity index (χ1n) is 8.22. The van der Waals surface area contributed by atoms with Crippen LogP contribution in [-0.2, 0) is 10.0 Å². The predicted molar refractivity (Wildman–Crippen MR) is 96.6 cm³/mol. The van der Waals surface area contributed by atoms with Crippen molar-refractivity contribution in [1.82, 2.24) is 4.72 Å². The van der Waals surface area contributed by atoms with Gasteiger partial charge < -0.3 is 10.1 Å². The average molecular weight is 343 g/mol. The fraction of sp³-hybridized carbons (Fsp3) is 0.647. The molecule has 0 amide bonds. The number of hydrogen-bond donors (Lipinski definition) is 2. The van der Waals surface area contributed by atoms with Crippen molar-refractivity contribution in [3.8, 4) is 5.75 Å². The molecule has 6 heteroatoms. The molecule has 5 nitrogen and oxygen atoms in total. The van der Waals surface area contributed by atoms with Crippen molar-refractivity contribution in [1.29, 1.82) is 0 Å². The lowest BCUT2D eigenvalue weighted by Crippen LogP contribution is -2.39. The summed E-state index contributed by atoms with van der Waals surface area (Å²) in [6.07, 6.45) is 2.82. The Hall–Kier alpha value is -1.27. The van der Waals surface area contributed by atoms with E-state index >= 15 is 0 Å². The number of anilines is 1. The van der Waals surface area contributed by atoms with E-state index in [0.717, 1.165) is 37.2 Å². The van der Waals surface area contributed by atoms with E-state index in [9.17, 15) is 8.42 Å². The summed E-state index contributed by atoms with van der Waals surface area (Å²) < 4.78 is 31.1. The Morgan fingerprint density at radius 1 is 1.09 bits per heavy atom. The van der Waals surface area contributed by atoms with Crippen LogP contribution in [0.4, 0.5) is 5.69 Å². The number of unbranched alkanes of at least 4 members (excludes halogenated alkanes) is 2. The summed E-state index contributed by atoms with van der Waals surface area (Å²) >= 11 is 0. The minimum absolute atomic E-state index is 0.499. The molecule has 0 aliphatic carbocycles. The molecular formula is C17H30N2O3S. The van der Waals surface area contributed by atoms with Crippen LogP contribution in [0.25, 0.3) is 0 Å². The van der Waals surface area contributed by atoms with E-state index in [1.54, 1.807) is 20.8 Å². The minimum Gasteiger partial charge on any atom is -0.494 e. The van der Waals surface area contributed by atoms with Gasteiger partial charge in [0.15, 0.2) is 0 Å². The zero-order valence-electron chi connectivity index (χ0n) is 14.7. The number of ether oxygens (including phenoxy) is 1. The van der Waals surface area contributed by atoms with E-state index < -0.39 is 14.8 Å². The topological polar surface area (TPSA) is 67.4 Å². The third kappa shape index (κ3) is 7.22. The second-order valence-electron chi connectivity index (χ2n) is 6.46. The molecule has 0 bridgehead atoms. The zero-order valence-corrected chi connectivity index (χ0v) is 15.5. The largest absolute Gasteiger partial charge is 0.494 e. The van der Waals surface area contributed by atoms with E-state index in [4.69, 9.17) is 4.74 Å². The molecule has 0 radical (unpaired) electrons. The van der Waals surface area contributed by atoms with Crippen LogP contribution >= 0.6 is 0 Å². The number of nitrogens with one attached hydrogen (secondary N) is 2. The molecule has 0 heterocycles. The number of benzene rings is 1. The Labute approximate surface area is 140 Å². The monoisotopic (exact) mass is 342 g/mol. The fourth-order valence-corrected chi connectivity index (χ4v) is 2.79. The molecule has 0 atom stereocenters. The first-order chi connectivity index (χ1) is 10.8. The molecule has 0 spiro atoms. The van der Waals surface area contributed by atoms with Gasteiger partial charge in [-0.3, -0.25) is 0 Å². The third-order valence-corrected chi connectivity index (χ3v) is 5.62. The average Bonchev–Trinajstić information content (AvgIpc) is 2.46. The van der Waals surface area contributed by atoms with E-state index in [1.165, 1.54) is 0 Å². The van der Waals surface area contributed by atoms with E-state index in [-0.39, 0.29) is 0 Å². The highest BCUT2D eigenvalue weighted by Gasteiger charge is 2.27. The van der Waals surface area contributed by atoms with Gasteiger partial charge in [-0.15, -0.1) is 0 Å². The van der Waals surface area contributed by atoms with Crippen molar-refractivity contribution in [3.63, 3.8) is 0 Å². The van der Waals surface area contributed by atoms with Crippen LogP contribution in [0.2, 0.25) is 0 Å². The van der Waals surface area contributed by atoms with Gasteiger partial charge in [0.2, 0.25) is 10.0 Å². The highest BCUT2D eigenvalue weighted by atomic mass is 32.2. The maximum Gasteiger partial charge on any atom is 0.216 e. The Bertz CT molecular complexity index is 565. The molecule has 1 aromatic carbocycles. The summed E-state index contributed by atoms with van der Waals surface area (Å²) in [6, 6.07) is 7.91. The van der Waals surface area contributed by atoms with Crippen LogP contribution in [0.15, 0.2) is 24.3 Å². The SMILES string of the molecule is CCOc1cccc(NCCCCCNS(=O)(=O)C(C)(C)C)c1. The standard InChI is InChI=1S/C17H30N2O3S/c1-5-22-16-11-9-10-15(14-16)18-12-7-6-8-13-19-23(20,21)17(2,3)4/h9-11,14,18-19H,5-8,12-13H2,1-4H3. The van der Waals surface area contributed by atoms with Crippen molar-refractivity contribution >= 4 is 15.7 Å².